The number of benzene rings is 2. The molecule has 2 aromatic rings. The van der Waals surface area contributed by atoms with Crippen LogP contribution < -0.4 is 16.4 Å². The van der Waals surface area contributed by atoms with Crippen LogP contribution in [0.5, 0.6) is 0 Å². The fourth-order valence-corrected chi connectivity index (χ4v) is 2.77. The predicted octanol–water partition coefficient (Wildman–Crippen LogP) is 1.52. The largest absolute Gasteiger partial charge is 0.383 e. The second-order valence-corrected chi connectivity index (χ2v) is 6.59. The molecule has 0 aromatic heterocycles. The van der Waals surface area contributed by atoms with Crippen molar-refractivity contribution in [2.24, 2.45) is 5.73 Å². The highest BCUT2D eigenvalue weighted by Crippen LogP contribution is 2.15. The van der Waals surface area contributed by atoms with Gasteiger partial charge in [-0.1, -0.05) is 48.0 Å². The van der Waals surface area contributed by atoms with E-state index < -0.39 is 12.0 Å². The second kappa shape index (κ2) is 10.7. The van der Waals surface area contributed by atoms with Gasteiger partial charge in [0.15, 0.2) is 0 Å². The van der Waals surface area contributed by atoms with Gasteiger partial charge in [-0.15, -0.1) is 0 Å². The zero-order valence-electron chi connectivity index (χ0n) is 15.0. The molecule has 5 N–H and O–H groups in total. The van der Waals surface area contributed by atoms with Gasteiger partial charge in [0.2, 0.25) is 11.8 Å². The average Bonchev–Trinajstić information content (AvgIpc) is 2.69. The molecule has 2 rings (SSSR count). The molecule has 0 spiro atoms. The molecule has 27 heavy (non-hydrogen) atoms. The van der Waals surface area contributed by atoms with Gasteiger partial charge in [0.05, 0.1) is 6.54 Å². The van der Waals surface area contributed by atoms with E-state index in [-0.39, 0.29) is 19.0 Å². The number of rotatable bonds is 9. The number of amides is 2. The molecule has 2 aromatic carbocycles. The van der Waals surface area contributed by atoms with Crippen molar-refractivity contribution in [2.75, 3.05) is 6.54 Å². The smallest absolute Gasteiger partial charge is 0.249 e. The maximum Gasteiger partial charge on any atom is 0.249 e. The summed E-state index contributed by atoms with van der Waals surface area (Å²) in [5.41, 5.74) is 8.43. The summed E-state index contributed by atoms with van der Waals surface area (Å²) in [4.78, 5) is 23.8. The van der Waals surface area contributed by atoms with Crippen molar-refractivity contribution in [3.8, 4) is 0 Å². The van der Waals surface area contributed by atoms with E-state index in [1.54, 1.807) is 12.1 Å². The summed E-state index contributed by atoms with van der Waals surface area (Å²) in [6.07, 6.45) is -0.285. The zero-order chi connectivity index (χ0) is 19.6. The Morgan fingerprint density at radius 2 is 1.81 bits per heavy atom. The highest BCUT2D eigenvalue weighted by molar-refractivity contribution is 6.30. The van der Waals surface area contributed by atoms with Crippen molar-refractivity contribution in [1.82, 2.24) is 10.6 Å². The number of aryl methyl sites for hydroxylation is 1. The van der Waals surface area contributed by atoms with Gasteiger partial charge in [-0.2, -0.15) is 0 Å². The van der Waals surface area contributed by atoms with E-state index in [0.29, 0.717) is 24.4 Å². The first kappa shape index (κ1) is 20.9. The van der Waals surface area contributed by atoms with E-state index in [1.807, 2.05) is 36.4 Å². The molecule has 0 aliphatic carbocycles. The number of nitrogens with one attached hydrogen (secondary N) is 2. The number of aliphatic hydroxyl groups excluding tert-OH is 1. The highest BCUT2D eigenvalue weighted by atomic mass is 35.5. The molecule has 0 radical (unpaired) electrons. The van der Waals surface area contributed by atoms with Gasteiger partial charge in [-0.25, -0.2) is 0 Å². The lowest BCUT2D eigenvalue weighted by atomic mass is 10.1. The predicted molar refractivity (Wildman–Crippen MR) is 105 cm³/mol. The molecule has 144 valence electrons. The highest BCUT2D eigenvalue weighted by Gasteiger charge is 2.15. The van der Waals surface area contributed by atoms with Crippen molar-refractivity contribution >= 4 is 23.4 Å². The molecule has 6 nitrogen and oxygen atoms in total. The minimum atomic E-state index is -1.16. The number of hydrogen-bond acceptors (Lipinski definition) is 4. The van der Waals surface area contributed by atoms with Gasteiger partial charge in [-0.05, 0) is 41.7 Å². The standard InChI is InChI=1S/C20H24ClN3O3/c21-17-8-7-15(11-22)16(10-17)12-23-19(26)13-24-20(27)18(25)9-6-14-4-2-1-3-5-14/h1-5,7-8,10,18,25H,6,9,11-13,22H2,(H,23,26)(H,24,27)/t18-/m1/s1. The van der Waals surface area contributed by atoms with Gasteiger partial charge in [-0.3, -0.25) is 9.59 Å². The summed E-state index contributed by atoms with van der Waals surface area (Å²) >= 11 is 5.96. The third-order valence-electron chi connectivity index (χ3n) is 4.14. The summed E-state index contributed by atoms with van der Waals surface area (Å²) in [6, 6.07) is 14.9. The summed E-state index contributed by atoms with van der Waals surface area (Å²) in [7, 11) is 0. The van der Waals surface area contributed by atoms with E-state index in [0.717, 1.165) is 16.7 Å². The lowest BCUT2D eigenvalue weighted by Gasteiger charge is -2.13. The minimum absolute atomic E-state index is 0.209. The molecular formula is C20H24ClN3O3. The van der Waals surface area contributed by atoms with Crippen LogP contribution in [0.25, 0.3) is 0 Å². The third-order valence-corrected chi connectivity index (χ3v) is 4.37. The lowest BCUT2D eigenvalue weighted by molar-refractivity contribution is -0.132. The van der Waals surface area contributed by atoms with E-state index >= 15 is 0 Å². The van der Waals surface area contributed by atoms with Crippen molar-refractivity contribution in [3.05, 3.63) is 70.2 Å². The topological polar surface area (TPSA) is 104 Å². The van der Waals surface area contributed by atoms with E-state index in [4.69, 9.17) is 17.3 Å². The van der Waals surface area contributed by atoms with Crippen molar-refractivity contribution in [3.63, 3.8) is 0 Å². The maximum absolute atomic E-state index is 11.9. The number of nitrogens with two attached hydrogens (primary N) is 1. The van der Waals surface area contributed by atoms with Crippen LogP contribution in [0.4, 0.5) is 0 Å². The summed E-state index contributed by atoms with van der Waals surface area (Å²) in [6.45, 7) is 0.394. The molecule has 0 saturated heterocycles. The lowest BCUT2D eigenvalue weighted by Crippen LogP contribution is -2.41. The van der Waals surface area contributed by atoms with Gasteiger partial charge in [0, 0.05) is 18.1 Å². The number of halogens is 1. The molecule has 0 fully saturated rings. The maximum atomic E-state index is 11.9. The molecule has 0 bridgehead atoms. The molecule has 0 aliphatic rings. The minimum Gasteiger partial charge on any atom is -0.383 e. The quantitative estimate of drug-likeness (QED) is 0.522. The Kier molecular flexibility index (Phi) is 8.26. The number of aliphatic hydroxyl groups is 1. The Bertz CT molecular complexity index is 768. The molecule has 0 unspecified atom stereocenters. The van der Waals surface area contributed by atoms with E-state index in [9.17, 15) is 14.7 Å². The molecule has 0 saturated carbocycles. The summed E-state index contributed by atoms with van der Waals surface area (Å²) < 4.78 is 0. The average molecular weight is 390 g/mol. The van der Waals surface area contributed by atoms with Gasteiger partial charge in [0.1, 0.15) is 6.10 Å². The fraction of sp³-hybridized carbons (Fsp3) is 0.300. The van der Waals surface area contributed by atoms with Gasteiger partial charge in [0.25, 0.3) is 0 Å². The molecule has 2 amide bonds. The zero-order valence-corrected chi connectivity index (χ0v) is 15.7. The first-order valence-corrected chi connectivity index (χ1v) is 9.11. The number of carbonyl (C=O) groups is 2. The number of carbonyl (C=O) groups excluding carboxylic acids is 2. The summed E-state index contributed by atoms with van der Waals surface area (Å²) in [5, 5.41) is 15.6. The Balaban J connectivity index is 1.73. The molecule has 7 heteroatoms. The van der Waals surface area contributed by atoms with Crippen LogP contribution in [0.2, 0.25) is 5.02 Å². The monoisotopic (exact) mass is 389 g/mol. The normalized spacial score (nSPS) is 11.7. The molecule has 0 aliphatic heterocycles. The Labute approximate surface area is 163 Å². The molecular weight excluding hydrogens is 366 g/mol. The Hall–Kier alpha value is -2.41. The van der Waals surface area contributed by atoms with Crippen LogP contribution in [0.3, 0.4) is 0 Å². The Morgan fingerprint density at radius 3 is 2.52 bits per heavy atom. The summed E-state index contributed by atoms with van der Waals surface area (Å²) in [5.74, 6) is -0.923. The van der Waals surface area contributed by atoms with Crippen LogP contribution in [-0.4, -0.2) is 29.6 Å². The fourth-order valence-electron chi connectivity index (χ4n) is 2.58. The third kappa shape index (κ3) is 7.02. The van der Waals surface area contributed by atoms with Crippen LogP contribution in [0.1, 0.15) is 23.1 Å². The first-order valence-electron chi connectivity index (χ1n) is 8.73. The van der Waals surface area contributed by atoms with Crippen molar-refractivity contribution in [2.45, 2.75) is 32.0 Å². The van der Waals surface area contributed by atoms with E-state index in [2.05, 4.69) is 10.6 Å². The molecule has 0 heterocycles. The van der Waals surface area contributed by atoms with Gasteiger partial charge < -0.3 is 21.5 Å². The van der Waals surface area contributed by atoms with E-state index in [1.165, 1.54) is 0 Å². The van der Waals surface area contributed by atoms with Crippen LogP contribution >= 0.6 is 11.6 Å². The molecule has 1 atom stereocenters. The van der Waals surface area contributed by atoms with Crippen LogP contribution in [0.15, 0.2) is 48.5 Å². The van der Waals surface area contributed by atoms with Crippen LogP contribution in [-0.2, 0) is 29.1 Å². The second-order valence-electron chi connectivity index (χ2n) is 6.15. The number of hydrogen-bond donors (Lipinski definition) is 4. The van der Waals surface area contributed by atoms with Gasteiger partial charge >= 0.3 is 0 Å². The van der Waals surface area contributed by atoms with Crippen molar-refractivity contribution in [1.29, 1.82) is 0 Å². The van der Waals surface area contributed by atoms with Crippen LogP contribution in [0, 0.1) is 0 Å². The van der Waals surface area contributed by atoms with Crippen molar-refractivity contribution < 1.29 is 14.7 Å². The first-order chi connectivity index (χ1) is 13.0. The Morgan fingerprint density at radius 1 is 1.07 bits per heavy atom. The SMILES string of the molecule is NCc1ccc(Cl)cc1CNC(=O)CNC(=O)[C@H](O)CCc1ccccc1.